The van der Waals surface area contributed by atoms with E-state index in [0.717, 1.165) is 28.3 Å². The second-order valence-electron chi connectivity index (χ2n) is 8.01. The molecule has 3 heterocycles. The van der Waals surface area contributed by atoms with E-state index in [9.17, 15) is 14.7 Å². The van der Waals surface area contributed by atoms with Crippen molar-refractivity contribution in [3.05, 3.63) is 108 Å². The van der Waals surface area contributed by atoms with Crippen molar-refractivity contribution in [2.75, 3.05) is 27.8 Å². The van der Waals surface area contributed by atoms with Crippen molar-refractivity contribution in [3.63, 3.8) is 0 Å². The summed E-state index contributed by atoms with van der Waals surface area (Å²) in [7, 11) is 0. The summed E-state index contributed by atoms with van der Waals surface area (Å²) in [5.74, 6) is -1.31. The van der Waals surface area contributed by atoms with E-state index < -0.39 is 5.97 Å². The lowest BCUT2D eigenvalue weighted by atomic mass is 10.0. The number of carboxylic acid groups (broad SMARTS) is 1. The third-order valence-corrected chi connectivity index (χ3v) is 5.54. The van der Waals surface area contributed by atoms with Gasteiger partial charge in [0.15, 0.2) is 0 Å². The molecule has 1 aliphatic heterocycles. The van der Waals surface area contributed by atoms with Crippen LogP contribution in [0.15, 0.2) is 91.4 Å². The molecule has 1 amide bonds. The summed E-state index contributed by atoms with van der Waals surface area (Å²) in [4.78, 5) is 32.3. The van der Waals surface area contributed by atoms with E-state index in [1.807, 2.05) is 42.5 Å². The van der Waals surface area contributed by atoms with Crippen LogP contribution >= 0.6 is 0 Å². The van der Waals surface area contributed by atoms with Crippen LogP contribution in [-0.2, 0) is 0 Å². The minimum absolute atomic E-state index is 0.205. The minimum atomic E-state index is -0.987. The number of carbonyl (C=O) groups excluding carboxylic acids is 1. The van der Waals surface area contributed by atoms with Crippen molar-refractivity contribution >= 4 is 46.0 Å². The monoisotopic (exact) mass is 478 g/mol. The Labute approximate surface area is 206 Å². The zero-order valence-corrected chi connectivity index (χ0v) is 19.0. The maximum Gasteiger partial charge on any atom is 0.335 e. The Morgan fingerprint density at radius 2 is 1.56 bits per heavy atom. The number of benzene rings is 2. The summed E-state index contributed by atoms with van der Waals surface area (Å²) < 4.78 is 0. The Kier molecular flexibility index (Phi) is 6.27. The number of rotatable bonds is 7. The molecule has 0 saturated heterocycles. The topological polar surface area (TPSA) is 128 Å². The van der Waals surface area contributed by atoms with E-state index in [1.54, 1.807) is 48.9 Å². The third kappa shape index (κ3) is 5.15. The number of nitrogens with one attached hydrogen (secondary N) is 4. The lowest BCUT2D eigenvalue weighted by Gasteiger charge is -2.21. The van der Waals surface area contributed by atoms with E-state index in [2.05, 4.69) is 31.2 Å². The zero-order chi connectivity index (χ0) is 24.9. The van der Waals surface area contributed by atoms with E-state index in [-0.39, 0.29) is 17.2 Å². The van der Waals surface area contributed by atoms with Crippen LogP contribution in [-0.4, -0.2) is 33.5 Å². The number of carboxylic acids is 1. The molecule has 5 rings (SSSR count). The number of hydrogen-bond donors (Lipinski definition) is 5. The van der Waals surface area contributed by atoms with Gasteiger partial charge in [0.2, 0.25) is 0 Å². The standard InChI is InChI=1S/C27H22N6O3/c34-26(33-19-4-2-18(3-5-19)31-20-9-12-28-13-10-20)25-8-6-21(16-30-25)32-24-11-14-29-23-7-1-17(27(35)36)15-22(23)24/h1-13,15-16,29,32H,14H2,(H,28,31)(H,33,34)(H,35,36). The molecule has 1 aliphatic rings. The van der Waals surface area contributed by atoms with E-state index in [1.165, 1.54) is 0 Å². The molecule has 0 radical (unpaired) electrons. The van der Waals surface area contributed by atoms with Crippen LogP contribution in [0.3, 0.4) is 0 Å². The number of aromatic carboxylic acids is 1. The van der Waals surface area contributed by atoms with Crippen molar-refractivity contribution in [2.24, 2.45) is 0 Å². The van der Waals surface area contributed by atoms with Gasteiger partial charge >= 0.3 is 5.97 Å². The fourth-order valence-electron chi connectivity index (χ4n) is 3.74. The lowest BCUT2D eigenvalue weighted by Crippen LogP contribution is -2.15. The molecule has 4 aromatic rings. The number of fused-ring (bicyclic) bond motifs is 1. The molecule has 0 bridgehead atoms. The molecular formula is C27H22N6O3. The van der Waals surface area contributed by atoms with Crippen LogP contribution in [0.25, 0.3) is 5.70 Å². The molecular weight excluding hydrogens is 456 g/mol. The van der Waals surface area contributed by atoms with Gasteiger partial charge in [-0.15, -0.1) is 0 Å². The van der Waals surface area contributed by atoms with Crippen molar-refractivity contribution in [1.29, 1.82) is 0 Å². The normalized spacial score (nSPS) is 11.9. The summed E-state index contributed by atoms with van der Waals surface area (Å²) in [6, 6.07) is 19.4. The fourth-order valence-corrected chi connectivity index (χ4v) is 3.74. The van der Waals surface area contributed by atoms with Crippen LogP contribution in [0.2, 0.25) is 0 Å². The van der Waals surface area contributed by atoms with Crippen LogP contribution < -0.4 is 21.3 Å². The van der Waals surface area contributed by atoms with E-state index in [0.29, 0.717) is 17.9 Å². The van der Waals surface area contributed by atoms with E-state index >= 15 is 0 Å². The molecule has 0 unspecified atom stereocenters. The van der Waals surface area contributed by atoms with Gasteiger partial charge in [0.1, 0.15) is 5.69 Å². The first kappa shape index (κ1) is 22.6. The second-order valence-corrected chi connectivity index (χ2v) is 8.01. The van der Waals surface area contributed by atoms with Gasteiger partial charge in [-0.05, 0) is 72.8 Å². The molecule has 2 aromatic heterocycles. The van der Waals surface area contributed by atoms with Crippen molar-refractivity contribution in [3.8, 4) is 0 Å². The van der Waals surface area contributed by atoms with Gasteiger partial charge in [0.25, 0.3) is 5.91 Å². The van der Waals surface area contributed by atoms with Crippen LogP contribution in [0, 0.1) is 0 Å². The summed E-state index contributed by atoms with van der Waals surface area (Å²) in [5.41, 5.74) is 5.98. The molecule has 0 aliphatic carbocycles. The highest BCUT2D eigenvalue weighted by molar-refractivity contribution is 6.03. The Balaban J connectivity index is 1.22. The number of hydrogen-bond acceptors (Lipinski definition) is 7. The smallest absolute Gasteiger partial charge is 0.335 e. The maximum absolute atomic E-state index is 12.7. The molecule has 0 atom stereocenters. The molecule has 9 heteroatoms. The minimum Gasteiger partial charge on any atom is -0.478 e. The van der Waals surface area contributed by atoms with Crippen LogP contribution in [0.1, 0.15) is 26.4 Å². The number of anilines is 5. The van der Waals surface area contributed by atoms with Crippen LogP contribution in [0.5, 0.6) is 0 Å². The SMILES string of the molecule is O=C(O)c1ccc2c(c1)C(Nc1ccc(C(=O)Nc3ccc(Nc4ccncc4)cc3)nc1)=CCN2. The van der Waals surface area contributed by atoms with Gasteiger partial charge in [-0.25, -0.2) is 9.78 Å². The largest absolute Gasteiger partial charge is 0.478 e. The molecule has 0 saturated carbocycles. The molecule has 5 N–H and O–H groups in total. The number of pyridine rings is 2. The molecule has 178 valence electrons. The van der Waals surface area contributed by atoms with Gasteiger partial charge in [0, 0.05) is 52.9 Å². The number of carbonyl (C=O) groups is 2. The van der Waals surface area contributed by atoms with Crippen molar-refractivity contribution < 1.29 is 14.7 Å². The zero-order valence-electron chi connectivity index (χ0n) is 19.0. The van der Waals surface area contributed by atoms with E-state index in [4.69, 9.17) is 0 Å². The van der Waals surface area contributed by atoms with Crippen molar-refractivity contribution in [2.45, 2.75) is 0 Å². The maximum atomic E-state index is 12.7. The van der Waals surface area contributed by atoms with Crippen molar-refractivity contribution in [1.82, 2.24) is 9.97 Å². The summed E-state index contributed by atoms with van der Waals surface area (Å²) in [6.45, 7) is 0.604. The quantitative estimate of drug-likeness (QED) is 0.250. The molecule has 0 fully saturated rings. The highest BCUT2D eigenvalue weighted by Crippen LogP contribution is 2.29. The average molecular weight is 479 g/mol. The number of amides is 1. The molecule has 36 heavy (non-hydrogen) atoms. The third-order valence-electron chi connectivity index (χ3n) is 5.54. The Hall–Kier alpha value is -5.18. The molecule has 9 nitrogen and oxygen atoms in total. The Morgan fingerprint density at radius 1 is 0.833 bits per heavy atom. The first-order chi connectivity index (χ1) is 17.5. The summed E-state index contributed by atoms with van der Waals surface area (Å²) in [5, 5.41) is 21.9. The van der Waals surface area contributed by atoms with Gasteiger partial charge in [-0.2, -0.15) is 0 Å². The number of aromatic nitrogens is 2. The highest BCUT2D eigenvalue weighted by atomic mass is 16.4. The van der Waals surface area contributed by atoms with Gasteiger partial charge in [0.05, 0.1) is 17.4 Å². The second kappa shape index (κ2) is 9.98. The van der Waals surface area contributed by atoms with Gasteiger partial charge in [-0.1, -0.05) is 0 Å². The summed E-state index contributed by atoms with van der Waals surface area (Å²) >= 11 is 0. The first-order valence-electron chi connectivity index (χ1n) is 11.2. The predicted molar refractivity (Wildman–Crippen MR) is 140 cm³/mol. The molecule has 0 spiro atoms. The lowest BCUT2D eigenvalue weighted by molar-refractivity contribution is 0.0696. The fraction of sp³-hybridized carbons (Fsp3) is 0.0370. The van der Waals surface area contributed by atoms with Gasteiger partial charge < -0.3 is 26.4 Å². The first-order valence-corrected chi connectivity index (χ1v) is 11.2. The average Bonchev–Trinajstić information content (AvgIpc) is 2.91. The summed E-state index contributed by atoms with van der Waals surface area (Å²) in [6.07, 6.45) is 6.92. The number of nitrogens with zero attached hydrogens (tertiary/aromatic N) is 2. The molecule has 2 aromatic carbocycles. The van der Waals surface area contributed by atoms with Crippen LogP contribution in [0.4, 0.5) is 28.4 Å². The Bertz CT molecular complexity index is 1440. The predicted octanol–water partition coefficient (Wildman–Crippen LogP) is 5.05. The highest BCUT2D eigenvalue weighted by Gasteiger charge is 2.16. The van der Waals surface area contributed by atoms with Gasteiger partial charge in [-0.3, -0.25) is 9.78 Å². The Morgan fingerprint density at radius 3 is 2.28 bits per heavy atom.